The molecule has 5 heteroatoms. The lowest BCUT2D eigenvalue weighted by Crippen LogP contribution is -2.20. The van der Waals surface area contributed by atoms with Crippen LogP contribution in [0.2, 0.25) is 0 Å². The number of nitrogens with zero attached hydrogens (tertiary/aromatic N) is 3. The first-order valence-corrected chi connectivity index (χ1v) is 7.48. The van der Waals surface area contributed by atoms with Crippen LogP contribution in [0.5, 0.6) is 0 Å². The van der Waals surface area contributed by atoms with E-state index in [1.165, 1.54) is 20.1 Å². The number of methoxy groups -OCH3 is 1. The zero-order chi connectivity index (χ0) is 14.8. The molecule has 21 heavy (non-hydrogen) atoms. The molecule has 112 valence electrons. The number of hydrogen-bond acceptors (Lipinski definition) is 4. The van der Waals surface area contributed by atoms with E-state index in [2.05, 4.69) is 16.8 Å². The summed E-state index contributed by atoms with van der Waals surface area (Å²) < 4.78 is 6.66. The van der Waals surface area contributed by atoms with Gasteiger partial charge < -0.3 is 14.0 Å². The molecule has 3 heterocycles. The van der Waals surface area contributed by atoms with Crippen LogP contribution in [0.25, 0.3) is 5.65 Å². The molecule has 0 amide bonds. The molecule has 1 aliphatic heterocycles. The summed E-state index contributed by atoms with van der Waals surface area (Å²) in [5.74, 6) is 0.372. The monoisotopic (exact) mass is 287 g/mol. The molecule has 2 aromatic rings. The number of ether oxygens (including phenoxy) is 1. The Bertz CT molecular complexity index is 650. The van der Waals surface area contributed by atoms with Crippen LogP contribution < -0.4 is 0 Å². The Labute approximate surface area is 124 Å². The molecule has 0 aromatic carbocycles. The molecule has 1 fully saturated rings. The van der Waals surface area contributed by atoms with Crippen molar-refractivity contribution in [1.29, 1.82) is 0 Å². The predicted molar refractivity (Wildman–Crippen MR) is 80.5 cm³/mol. The molecular formula is C16H21N3O2. The van der Waals surface area contributed by atoms with E-state index < -0.39 is 0 Å². The van der Waals surface area contributed by atoms with E-state index in [1.54, 1.807) is 12.3 Å². The van der Waals surface area contributed by atoms with Crippen molar-refractivity contribution < 1.29 is 9.53 Å². The summed E-state index contributed by atoms with van der Waals surface area (Å²) in [6.45, 7) is 5.70. The Morgan fingerprint density at radius 2 is 2.29 bits per heavy atom. The van der Waals surface area contributed by atoms with E-state index in [0.717, 1.165) is 30.9 Å². The third-order valence-electron chi connectivity index (χ3n) is 4.24. The molecule has 0 N–H and O–H groups in total. The first-order chi connectivity index (χ1) is 10.2. The van der Waals surface area contributed by atoms with Gasteiger partial charge in [0, 0.05) is 18.9 Å². The number of likely N-dealkylation sites (tertiary alicyclic amines) is 1. The highest BCUT2D eigenvalue weighted by Gasteiger charge is 2.22. The van der Waals surface area contributed by atoms with Gasteiger partial charge in [0.15, 0.2) is 0 Å². The molecule has 0 saturated carbocycles. The summed E-state index contributed by atoms with van der Waals surface area (Å²) in [6, 6.07) is 3.62. The van der Waals surface area contributed by atoms with Gasteiger partial charge in [-0.1, -0.05) is 6.92 Å². The maximum absolute atomic E-state index is 11.6. The molecule has 1 atom stereocenters. The fourth-order valence-electron chi connectivity index (χ4n) is 3.04. The Balaban J connectivity index is 1.76. The number of imidazole rings is 1. The second-order valence-corrected chi connectivity index (χ2v) is 5.66. The van der Waals surface area contributed by atoms with Crippen LogP contribution in [0.3, 0.4) is 0 Å². The third-order valence-corrected chi connectivity index (χ3v) is 4.24. The number of carbonyl (C=O) groups is 1. The quantitative estimate of drug-likeness (QED) is 0.807. The normalized spacial score (nSPS) is 19.2. The first kappa shape index (κ1) is 14.1. The Morgan fingerprint density at radius 1 is 1.43 bits per heavy atom. The van der Waals surface area contributed by atoms with Crippen LogP contribution >= 0.6 is 0 Å². The van der Waals surface area contributed by atoms with Gasteiger partial charge in [-0.3, -0.25) is 0 Å². The Morgan fingerprint density at radius 3 is 3.00 bits per heavy atom. The van der Waals surface area contributed by atoms with Crippen molar-refractivity contribution in [2.75, 3.05) is 26.7 Å². The topological polar surface area (TPSA) is 46.8 Å². The van der Waals surface area contributed by atoms with Crippen molar-refractivity contribution in [1.82, 2.24) is 14.3 Å². The van der Waals surface area contributed by atoms with E-state index in [9.17, 15) is 4.79 Å². The maximum atomic E-state index is 11.6. The van der Waals surface area contributed by atoms with Gasteiger partial charge in [-0.05, 0) is 44.0 Å². The molecule has 0 radical (unpaired) electrons. The Kier molecular flexibility index (Phi) is 3.92. The SMILES string of the molecule is CCN1CCC(Cc2cn3cc(C(=O)OC)ccc3n2)C1. The van der Waals surface area contributed by atoms with Crippen molar-refractivity contribution in [3.05, 3.63) is 35.8 Å². The van der Waals surface area contributed by atoms with Crippen molar-refractivity contribution in [3.8, 4) is 0 Å². The number of rotatable bonds is 4. The maximum Gasteiger partial charge on any atom is 0.339 e. The highest BCUT2D eigenvalue weighted by atomic mass is 16.5. The van der Waals surface area contributed by atoms with Crippen molar-refractivity contribution >= 4 is 11.6 Å². The van der Waals surface area contributed by atoms with E-state index in [4.69, 9.17) is 4.74 Å². The summed E-state index contributed by atoms with van der Waals surface area (Å²) in [5, 5.41) is 0. The van der Waals surface area contributed by atoms with Crippen LogP contribution in [-0.2, 0) is 11.2 Å². The van der Waals surface area contributed by atoms with Crippen LogP contribution in [0.15, 0.2) is 24.5 Å². The lowest BCUT2D eigenvalue weighted by molar-refractivity contribution is 0.0600. The number of fused-ring (bicyclic) bond motifs is 1. The van der Waals surface area contributed by atoms with Gasteiger partial charge in [-0.25, -0.2) is 9.78 Å². The molecule has 2 aromatic heterocycles. The molecule has 5 nitrogen and oxygen atoms in total. The van der Waals surface area contributed by atoms with E-state index in [-0.39, 0.29) is 5.97 Å². The lowest BCUT2D eigenvalue weighted by atomic mass is 10.0. The summed E-state index contributed by atoms with van der Waals surface area (Å²) in [4.78, 5) is 18.7. The predicted octanol–water partition coefficient (Wildman–Crippen LogP) is 2.01. The molecule has 1 saturated heterocycles. The minimum Gasteiger partial charge on any atom is -0.465 e. The molecule has 0 bridgehead atoms. The average Bonchev–Trinajstić information content (AvgIpc) is 3.11. The molecule has 1 unspecified atom stereocenters. The minimum absolute atomic E-state index is 0.318. The van der Waals surface area contributed by atoms with E-state index in [1.807, 2.05) is 16.7 Å². The first-order valence-electron chi connectivity index (χ1n) is 7.48. The van der Waals surface area contributed by atoms with Gasteiger partial charge in [-0.15, -0.1) is 0 Å². The lowest BCUT2D eigenvalue weighted by Gasteiger charge is -2.11. The standard InChI is InChI=1S/C16H21N3O2/c1-3-18-7-6-12(9-18)8-14-11-19-10-13(16(20)21-2)4-5-15(19)17-14/h4-5,10-12H,3,6-9H2,1-2H3. The molecule has 3 rings (SSSR count). The molecule has 0 spiro atoms. The number of aromatic nitrogens is 2. The van der Waals surface area contributed by atoms with Crippen molar-refractivity contribution in [2.45, 2.75) is 19.8 Å². The fourth-order valence-corrected chi connectivity index (χ4v) is 3.04. The highest BCUT2D eigenvalue weighted by Crippen LogP contribution is 2.20. The summed E-state index contributed by atoms with van der Waals surface area (Å²) in [7, 11) is 1.39. The summed E-state index contributed by atoms with van der Waals surface area (Å²) >= 11 is 0. The number of hydrogen-bond donors (Lipinski definition) is 0. The van der Waals surface area contributed by atoms with Crippen LogP contribution in [0.1, 0.15) is 29.4 Å². The highest BCUT2D eigenvalue weighted by molar-refractivity contribution is 5.89. The van der Waals surface area contributed by atoms with Gasteiger partial charge in [0.25, 0.3) is 0 Å². The summed E-state index contributed by atoms with van der Waals surface area (Å²) in [6.07, 6.45) is 6.06. The van der Waals surface area contributed by atoms with Crippen LogP contribution in [-0.4, -0.2) is 47.0 Å². The zero-order valence-electron chi connectivity index (χ0n) is 12.6. The van der Waals surface area contributed by atoms with Gasteiger partial charge in [0.05, 0.1) is 18.4 Å². The minimum atomic E-state index is -0.318. The van der Waals surface area contributed by atoms with Crippen LogP contribution in [0, 0.1) is 5.92 Å². The van der Waals surface area contributed by atoms with Gasteiger partial charge in [-0.2, -0.15) is 0 Å². The van der Waals surface area contributed by atoms with Crippen molar-refractivity contribution in [3.63, 3.8) is 0 Å². The summed E-state index contributed by atoms with van der Waals surface area (Å²) in [5.41, 5.74) is 2.52. The largest absolute Gasteiger partial charge is 0.465 e. The second-order valence-electron chi connectivity index (χ2n) is 5.66. The number of esters is 1. The second kappa shape index (κ2) is 5.85. The van der Waals surface area contributed by atoms with E-state index in [0.29, 0.717) is 11.5 Å². The smallest absolute Gasteiger partial charge is 0.339 e. The fraction of sp³-hybridized carbons (Fsp3) is 0.500. The van der Waals surface area contributed by atoms with Crippen LogP contribution in [0.4, 0.5) is 0 Å². The third kappa shape index (κ3) is 2.93. The van der Waals surface area contributed by atoms with Gasteiger partial charge >= 0.3 is 5.97 Å². The molecular weight excluding hydrogens is 266 g/mol. The average molecular weight is 287 g/mol. The van der Waals surface area contributed by atoms with E-state index >= 15 is 0 Å². The molecule has 0 aliphatic carbocycles. The number of carbonyl (C=O) groups excluding carboxylic acids is 1. The number of pyridine rings is 1. The van der Waals surface area contributed by atoms with Crippen molar-refractivity contribution in [2.24, 2.45) is 5.92 Å². The zero-order valence-corrected chi connectivity index (χ0v) is 12.6. The Hall–Kier alpha value is -1.88. The van der Waals surface area contributed by atoms with Gasteiger partial charge in [0.2, 0.25) is 0 Å². The van der Waals surface area contributed by atoms with Gasteiger partial charge in [0.1, 0.15) is 5.65 Å². The molecule has 1 aliphatic rings.